The van der Waals surface area contributed by atoms with Gasteiger partial charge in [-0.1, -0.05) is 30.3 Å². The second-order valence-electron chi connectivity index (χ2n) is 5.95. The standard InChI is InChI=1S/C18H22N4O3/c1-14(18(24)25)20-12-16(11-19)17(23)22-9-7-21(8-10-22)13-15-5-3-2-4-6-15/h2-6,12,14,20H,7-10,13H2,1H3,(H,24,25)/b16-12-. The number of rotatable bonds is 6. The van der Waals surface area contributed by atoms with Crippen LogP contribution in [-0.4, -0.2) is 59.0 Å². The highest BCUT2D eigenvalue weighted by atomic mass is 16.4. The van der Waals surface area contributed by atoms with Gasteiger partial charge in [-0.25, -0.2) is 0 Å². The third kappa shape index (κ3) is 5.33. The first-order valence-corrected chi connectivity index (χ1v) is 8.16. The Morgan fingerprint density at radius 3 is 2.48 bits per heavy atom. The van der Waals surface area contributed by atoms with Crippen LogP contribution in [0, 0.1) is 11.3 Å². The third-order valence-corrected chi connectivity index (χ3v) is 4.11. The van der Waals surface area contributed by atoms with Gasteiger partial charge in [-0.15, -0.1) is 0 Å². The third-order valence-electron chi connectivity index (χ3n) is 4.11. The van der Waals surface area contributed by atoms with Crippen LogP contribution in [0.5, 0.6) is 0 Å². The fourth-order valence-electron chi connectivity index (χ4n) is 2.54. The molecule has 132 valence electrons. The zero-order valence-electron chi connectivity index (χ0n) is 14.2. The molecule has 1 fully saturated rings. The molecule has 0 bridgehead atoms. The Kier molecular flexibility index (Phi) is 6.54. The van der Waals surface area contributed by atoms with E-state index in [0.29, 0.717) is 13.1 Å². The van der Waals surface area contributed by atoms with E-state index >= 15 is 0 Å². The van der Waals surface area contributed by atoms with E-state index in [0.717, 1.165) is 19.6 Å². The van der Waals surface area contributed by atoms with Crippen LogP contribution in [0.2, 0.25) is 0 Å². The Morgan fingerprint density at radius 1 is 1.28 bits per heavy atom. The van der Waals surface area contributed by atoms with Gasteiger partial charge in [-0.05, 0) is 12.5 Å². The SMILES string of the molecule is CC(N/C=C(/C#N)C(=O)N1CCN(Cc2ccccc2)CC1)C(=O)O. The second-order valence-corrected chi connectivity index (χ2v) is 5.95. The zero-order chi connectivity index (χ0) is 18.2. The molecule has 1 heterocycles. The number of amides is 1. The number of carboxylic acid groups (broad SMARTS) is 1. The molecule has 1 unspecified atom stereocenters. The number of carbonyl (C=O) groups excluding carboxylic acids is 1. The van der Waals surface area contributed by atoms with Gasteiger partial charge >= 0.3 is 5.97 Å². The van der Waals surface area contributed by atoms with E-state index < -0.39 is 12.0 Å². The highest BCUT2D eigenvalue weighted by molar-refractivity contribution is 5.97. The molecule has 0 radical (unpaired) electrons. The summed E-state index contributed by atoms with van der Waals surface area (Å²) in [5, 5.41) is 20.5. The highest BCUT2D eigenvalue weighted by Gasteiger charge is 2.24. The van der Waals surface area contributed by atoms with E-state index in [2.05, 4.69) is 22.3 Å². The van der Waals surface area contributed by atoms with Crippen molar-refractivity contribution in [1.82, 2.24) is 15.1 Å². The Labute approximate surface area is 147 Å². The summed E-state index contributed by atoms with van der Waals surface area (Å²) >= 11 is 0. The van der Waals surface area contributed by atoms with Crippen LogP contribution in [0.4, 0.5) is 0 Å². The summed E-state index contributed by atoms with van der Waals surface area (Å²) in [7, 11) is 0. The quantitative estimate of drug-likeness (QED) is 0.586. The summed E-state index contributed by atoms with van der Waals surface area (Å²) < 4.78 is 0. The van der Waals surface area contributed by atoms with Crippen molar-refractivity contribution in [2.45, 2.75) is 19.5 Å². The number of nitrogens with zero attached hydrogens (tertiary/aromatic N) is 3. The minimum atomic E-state index is -1.05. The van der Waals surface area contributed by atoms with Gasteiger partial charge < -0.3 is 15.3 Å². The van der Waals surface area contributed by atoms with Gasteiger partial charge in [0.05, 0.1) is 0 Å². The maximum absolute atomic E-state index is 12.4. The van der Waals surface area contributed by atoms with Gasteiger partial charge in [-0.2, -0.15) is 5.26 Å². The molecule has 1 atom stereocenters. The predicted molar refractivity (Wildman–Crippen MR) is 92.2 cm³/mol. The first-order valence-electron chi connectivity index (χ1n) is 8.16. The van der Waals surface area contributed by atoms with Crippen LogP contribution in [-0.2, 0) is 16.1 Å². The van der Waals surface area contributed by atoms with Gasteiger partial charge in [0.15, 0.2) is 0 Å². The number of benzene rings is 1. The van der Waals surface area contributed by atoms with Crippen molar-refractivity contribution in [1.29, 1.82) is 5.26 Å². The first kappa shape index (κ1) is 18.5. The molecule has 1 amide bonds. The molecule has 1 aliphatic rings. The summed E-state index contributed by atoms with van der Waals surface area (Å²) in [5.74, 6) is -1.41. The largest absolute Gasteiger partial charge is 0.480 e. The lowest BCUT2D eigenvalue weighted by Gasteiger charge is -2.34. The van der Waals surface area contributed by atoms with E-state index in [1.807, 2.05) is 24.3 Å². The maximum Gasteiger partial charge on any atom is 0.325 e. The van der Waals surface area contributed by atoms with Crippen molar-refractivity contribution in [2.24, 2.45) is 0 Å². The average molecular weight is 342 g/mol. The van der Waals surface area contributed by atoms with Crippen molar-refractivity contribution in [3.05, 3.63) is 47.7 Å². The van der Waals surface area contributed by atoms with Crippen LogP contribution >= 0.6 is 0 Å². The number of hydrogen-bond donors (Lipinski definition) is 2. The molecular weight excluding hydrogens is 320 g/mol. The van der Waals surface area contributed by atoms with Crippen molar-refractivity contribution >= 4 is 11.9 Å². The molecule has 7 heteroatoms. The Morgan fingerprint density at radius 2 is 1.92 bits per heavy atom. The summed E-state index contributed by atoms with van der Waals surface area (Å²) in [6, 6.07) is 11.1. The Bertz CT molecular complexity index is 673. The molecule has 0 aliphatic carbocycles. The number of carboxylic acids is 1. The number of nitrogens with one attached hydrogen (secondary N) is 1. The summed E-state index contributed by atoms with van der Waals surface area (Å²) in [6.07, 6.45) is 1.19. The molecule has 1 aliphatic heterocycles. The lowest BCUT2D eigenvalue weighted by atomic mass is 10.2. The molecule has 0 spiro atoms. The molecule has 0 saturated carbocycles. The minimum absolute atomic E-state index is 0.0791. The summed E-state index contributed by atoms with van der Waals surface area (Å²) in [5.41, 5.74) is 1.15. The summed E-state index contributed by atoms with van der Waals surface area (Å²) in [6.45, 7) is 4.83. The topological polar surface area (TPSA) is 96.7 Å². The Balaban J connectivity index is 1.88. The van der Waals surface area contributed by atoms with E-state index in [1.54, 1.807) is 4.90 Å². The van der Waals surface area contributed by atoms with Crippen LogP contribution in [0.1, 0.15) is 12.5 Å². The normalized spacial score (nSPS) is 16.8. The van der Waals surface area contributed by atoms with Gasteiger partial charge in [-0.3, -0.25) is 14.5 Å². The number of carbonyl (C=O) groups is 2. The van der Waals surface area contributed by atoms with E-state index in [1.165, 1.54) is 18.7 Å². The number of hydrogen-bond acceptors (Lipinski definition) is 5. The maximum atomic E-state index is 12.4. The smallest absolute Gasteiger partial charge is 0.325 e. The predicted octanol–water partition coefficient (Wildman–Crippen LogP) is 0.801. The first-order chi connectivity index (χ1) is 12.0. The lowest BCUT2D eigenvalue weighted by molar-refractivity contribution is -0.138. The van der Waals surface area contributed by atoms with Crippen molar-refractivity contribution in [3.63, 3.8) is 0 Å². The summed E-state index contributed by atoms with van der Waals surface area (Å²) in [4.78, 5) is 27.1. The molecule has 2 rings (SSSR count). The van der Waals surface area contributed by atoms with Gasteiger partial charge in [0.25, 0.3) is 5.91 Å². The fraction of sp³-hybridized carbons (Fsp3) is 0.389. The monoisotopic (exact) mass is 342 g/mol. The van der Waals surface area contributed by atoms with Gasteiger partial charge in [0.2, 0.25) is 0 Å². The molecule has 7 nitrogen and oxygen atoms in total. The van der Waals surface area contributed by atoms with Gasteiger partial charge in [0, 0.05) is 38.9 Å². The number of nitriles is 1. The van der Waals surface area contributed by atoms with Crippen LogP contribution < -0.4 is 5.32 Å². The van der Waals surface area contributed by atoms with E-state index in [9.17, 15) is 9.59 Å². The lowest BCUT2D eigenvalue weighted by Crippen LogP contribution is -2.48. The zero-order valence-corrected chi connectivity index (χ0v) is 14.2. The van der Waals surface area contributed by atoms with Crippen molar-refractivity contribution in [2.75, 3.05) is 26.2 Å². The number of piperazine rings is 1. The van der Waals surface area contributed by atoms with Crippen LogP contribution in [0.25, 0.3) is 0 Å². The molecule has 0 aromatic heterocycles. The van der Waals surface area contributed by atoms with Crippen molar-refractivity contribution in [3.8, 4) is 6.07 Å². The van der Waals surface area contributed by atoms with Crippen LogP contribution in [0.15, 0.2) is 42.1 Å². The molecular formula is C18H22N4O3. The van der Waals surface area contributed by atoms with E-state index in [-0.39, 0.29) is 11.5 Å². The Hall–Kier alpha value is -2.85. The number of aliphatic carboxylic acids is 1. The molecule has 1 aromatic carbocycles. The van der Waals surface area contributed by atoms with Crippen molar-refractivity contribution < 1.29 is 14.7 Å². The average Bonchev–Trinajstić information content (AvgIpc) is 2.63. The molecule has 1 aromatic rings. The van der Waals surface area contributed by atoms with Crippen LogP contribution in [0.3, 0.4) is 0 Å². The molecule has 25 heavy (non-hydrogen) atoms. The van der Waals surface area contributed by atoms with E-state index in [4.69, 9.17) is 10.4 Å². The fourth-order valence-corrected chi connectivity index (χ4v) is 2.54. The van der Waals surface area contributed by atoms with Gasteiger partial charge in [0.1, 0.15) is 17.7 Å². The highest BCUT2D eigenvalue weighted by Crippen LogP contribution is 2.10. The molecule has 2 N–H and O–H groups in total. The minimum Gasteiger partial charge on any atom is -0.480 e. The second kappa shape index (κ2) is 8.85. The molecule has 1 saturated heterocycles.